The summed E-state index contributed by atoms with van der Waals surface area (Å²) in [5, 5.41) is 0. The molecule has 0 atom stereocenters. The lowest BCUT2D eigenvalue weighted by atomic mass is 10.1. The highest BCUT2D eigenvalue weighted by molar-refractivity contribution is 7.09. The molecule has 6 heteroatoms. The van der Waals surface area contributed by atoms with Gasteiger partial charge in [-0.25, -0.2) is 0 Å². The molecule has 0 aliphatic carbocycles. The van der Waals surface area contributed by atoms with Crippen molar-refractivity contribution in [3.05, 3.63) is 32.7 Å². The summed E-state index contributed by atoms with van der Waals surface area (Å²) in [6, 6.07) is 5.71. The number of aromatic amines is 1. The van der Waals surface area contributed by atoms with Crippen LogP contribution in [-0.2, 0) is 6.54 Å². The van der Waals surface area contributed by atoms with Crippen molar-refractivity contribution in [2.75, 3.05) is 20.9 Å². The Morgan fingerprint density at radius 2 is 2.11 bits per heavy atom. The number of H-pyrrole nitrogens is 1. The van der Waals surface area contributed by atoms with E-state index in [0.29, 0.717) is 0 Å². The molecule has 2 heterocycles. The van der Waals surface area contributed by atoms with Gasteiger partial charge >= 0.3 is 4.87 Å². The first-order valence-electron chi connectivity index (χ1n) is 5.90. The van der Waals surface area contributed by atoms with Crippen LogP contribution in [0, 0.1) is 0 Å². The van der Waals surface area contributed by atoms with E-state index >= 15 is 0 Å². The molecule has 100 valence electrons. The van der Waals surface area contributed by atoms with Gasteiger partial charge in [-0.1, -0.05) is 11.3 Å². The van der Waals surface area contributed by atoms with E-state index in [2.05, 4.69) is 4.98 Å². The maximum Gasteiger partial charge on any atom is 0.305 e. The summed E-state index contributed by atoms with van der Waals surface area (Å²) in [6.07, 6.45) is 0. The number of fused-ring (bicyclic) bond motifs is 1. The minimum absolute atomic E-state index is 0.0375. The summed E-state index contributed by atoms with van der Waals surface area (Å²) < 4.78 is 10.7. The number of nitrogens with one attached hydrogen (secondary N) is 1. The van der Waals surface area contributed by atoms with E-state index < -0.39 is 0 Å². The predicted molar refractivity (Wildman–Crippen MR) is 73.9 cm³/mol. The molecule has 1 N–H and O–H groups in total. The Hall–Kier alpha value is -1.79. The Morgan fingerprint density at radius 1 is 1.32 bits per heavy atom. The predicted octanol–water partition coefficient (Wildman–Crippen LogP) is 1.89. The lowest BCUT2D eigenvalue weighted by Crippen LogP contribution is -2.10. The number of hydrogen-bond donors (Lipinski definition) is 1. The number of aromatic nitrogens is 1. The largest absolute Gasteiger partial charge is 0.454 e. The van der Waals surface area contributed by atoms with Crippen LogP contribution in [0.3, 0.4) is 0 Å². The molecule has 3 rings (SSSR count). The normalized spacial score (nSPS) is 13.2. The molecule has 1 aliphatic rings. The lowest BCUT2D eigenvalue weighted by Gasteiger charge is -2.09. The zero-order valence-corrected chi connectivity index (χ0v) is 11.5. The topological polar surface area (TPSA) is 54.6 Å². The second kappa shape index (κ2) is 4.71. The van der Waals surface area contributed by atoms with E-state index in [1.165, 1.54) is 11.3 Å². The summed E-state index contributed by atoms with van der Waals surface area (Å²) in [5.41, 5.74) is 1.81. The number of hydrogen-bond acceptors (Lipinski definition) is 5. The third-order valence-electron chi connectivity index (χ3n) is 2.84. The molecule has 0 saturated carbocycles. The van der Waals surface area contributed by atoms with E-state index in [9.17, 15) is 4.79 Å². The van der Waals surface area contributed by atoms with Gasteiger partial charge in [-0.05, 0) is 32.3 Å². The van der Waals surface area contributed by atoms with Crippen LogP contribution in [0.2, 0.25) is 0 Å². The Labute approximate surface area is 114 Å². The van der Waals surface area contributed by atoms with Gasteiger partial charge < -0.3 is 19.4 Å². The third-order valence-corrected chi connectivity index (χ3v) is 3.71. The number of thiazole rings is 1. The Kier molecular flexibility index (Phi) is 3.04. The van der Waals surface area contributed by atoms with Crippen LogP contribution in [0.25, 0.3) is 11.3 Å². The van der Waals surface area contributed by atoms with Crippen molar-refractivity contribution in [1.82, 2.24) is 9.88 Å². The molecule has 0 saturated heterocycles. The van der Waals surface area contributed by atoms with Gasteiger partial charge in [0.05, 0.1) is 5.69 Å². The molecule has 0 spiro atoms. The number of ether oxygens (including phenoxy) is 2. The van der Waals surface area contributed by atoms with Gasteiger partial charge in [0, 0.05) is 17.0 Å². The molecule has 2 aromatic rings. The zero-order valence-electron chi connectivity index (χ0n) is 10.7. The molecule has 0 bridgehead atoms. The van der Waals surface area contributed by atoms with Gasteiger partial charge in [0.15, 0.2) is 11.5 Å². The first-order chi connectivity index (χ1) is 9.13. The van der Waals surface area contributed by atoms with Gasteiger partial charge in [-0.2, -0.15) is 0 Å². The molecule has 1 aromatic carbocycles. The number of benzene rings is 1. The Morgan fingerprint density at radius 3 is 2.89 bits per heavy atom. The standard InChI is InChI=1S/C13H14N2O3S/c1-15(2)6-11-12(14-13(16)19-11)8-3-4-9-10(5-8)18-7-17-9/h3-5H,6-7H2,1-2H3,(H,14,16). The van der Waals surface area contributed by atoms with Crippen LogP contribution >= 0.6 is 11.3 Å². The zero-order chi connectivity index (χ0) is 13.4. The monoisotopic (exact) mass is 278 g/mol. The highest BCUT2D eigenvalue weighted by atomic mass is 32.1. The molecule has 0 fully saturated rings. The SMILES string of the molecule is CN(C)Cc1sc(=O)[nH]c1-c1ccc2c(c1)OCO2. The fourth-order valence-corrected chi connectivity index (χ4v) is 3.01. The first kappa shape index (κ1) is 12.3. The minimum atomic E-state index is -0.0375. The van der Waals surface area contributed by atoms with Gasteiger partial charge in [0.25, 0.3) is 0 Å². The first-order valence-corrected chi connectivity index (χ1v) is 6.72. The second-order valence-corrected chi connectivity index (χ2v) is 5.69. The van der Waals surface area contributed by atoms with Crippen molar-refractivity contribution in [2.45, 2.75) is 6.54 Å². The number of nitrogens with zero attached hydrogens (tertiary/aromatic N) is 1. The van der Waals surface area contributed by atoms with Crippen LogP contribution in [-0.4, -0.2) is 30.8 Å². The average Bonchev–Trinajstić information content (AvgIpc) is 2.93. The van der Waals surface area contributed by atoms with E-state index in [1.54, 1.807) is 0 Å². The van der Waals surface area contributed by atoms with E-state index in [1.807, 2.05) is 37.2 Å². The molecule has 0 unspecified atom stereocenters. The molecule has 1 aliphatic heterocycles. The molecule has 0 radical (unpaired) electrons. The molecule has 19 heavy (non-hydrogen) atoms. The molecular weight excluding hydrogens is 264 g/mol. The molecule has 0 amide bonds. The fraction of sp³-hybridized carbons (Fsp3) is 0.308. The van der Waals surface area contributed by atoms with Crippen molar-refractivity contribution < 1.29 is 9.47 Å². The van der Waals surface area contributed by atoms with Crippen molar-refractivity contribution in [3.63, 3.8) is 0 Å². The molecule has 5 nitrogen and oxygen atoms in total. The van der Waals surface area contributed by atoms with Gasteiger partial charge in [-0.3, -0.25) is 4.79 Å². The molecular formula is C13H14N2O3S. The van der Waals surface area contributed by atoms with E-state index in [-0.39, 0.29) is 11.7 Å². The van der Waals surface area contributed by atoms with Crippen LogP contribution in [0.1, 0.15) is 4.88 Å². The Bertz CT molecular complexity index is 660. The van der Waals surface area contributed by atoms with Crippen molar-refractivity contribution in [2.24, 2.45) is 0 Å². The van der Waals surface area contributed by atoms with Gasteiger partial charge in [0.2, 0.25) is 6.79 Å². The number of rotatable bonds is 3. The third kappa shape index (κ3) is 2.36. The van der Waals surface area contributed by atoms with E-state index in [4.69, 9.17) is 9.47 Å². The van der Waals surface area contributed by atoms with Crippen LogP contribution in [0.15, 0.2) is 23.0 Å². The highest BCUT2D eigenvalue weighted by Crippen LogP contribution is 2.36. The summed E-state index contributed by atoms with van der Waals surface area (Å²) in [4.78, 5) is 17.5. The van der Waals surface area contributed by atoms with E-state index in [0.717, 1.165) is 34.2 Å². The quantitative estimate of drug-likeness (QED) is 0.931. The average molecular weight is 278 g/mol. The molecule has 1 aromatic heterocycles. The smallest absolute Gasteiger partial charge is 0.305 e. The fourth-order valence-electron chi connectivity index (χ4n) is 2.04. The van der Waals surface area contributed by atoms with Crippen LogP contribution in [0.5, 0.6) is 11.5 Å². The van der Waals surface area contributed by atoms with Crippen molar-refractivity contribution in [3.8, 4) is 22.8 Å². The Balaban J connectivity index is 2.04. The van der Waals surface area contributed by atoms with Crippen LogP contribution in [0.4, 0.5) is 0 Å². The maximum atomic E-state index is 11.6. The van der Waals surface area contributed by atoms with Crippen molar-refractivity contribution >= 4 is 11.3 Å². The maximum absolute atomic E-state index is 11.6. The lowest BCUT2D eigenvalue weighted by molar-refractivity contribution is 0.174. The van der Waals surface area contributed by atoms with Gasteiger partial charge in [0.1, 0.15) is 0 Å². The summed E-state index contributed by atoms with van der Waals surface area (Å²) in [6.45, 7) is 0.983. The highest BCUT2D eigenvalue weighted by Gasteiger charge is 2.17. The second-order valence-electron chi connectivity index (χ2n) is 4.62. The summed E-state index contributed by atoms with van der Waals surface area (Å²) >= 11 is 1.25. The summed E-state index contributed by atoms with van der Waals surface area (Å²) in [5.74, 6) is 1.47. The minimum Gasteiger partial charge on any atom is -0.454 e. The van der Waals surface area contributed by atoms with Crippen LogP contribution < -0.4 is 14.3 Å². The van der Waals surface area contributed by atoms with Gasteiger partial charge in [-0.15, -0.1) is 0 Å². The summed E-state index contributed by atoms with van der Waals surface area (Å²) in [7, 11) is 3.96. The van der Waals surface area contributed by atoms with Crippen molar-refractivity contribution in [1.29, 1.82) is 0 Å².